The van der Waals surface area contributed by atoms with Crippen LogP contribution in [0.15, 0.2) is 6.07 Å². The van der Waals surface area contributed by atoms with Crippen molar-refractivity contribution in [3.63, 3.8) is 0 Å². The molecule has 1 fully saturated rings. The number of hydrogen-bond donors (Lipinski definition) is 0. The summed E-state index contributed by atoms with van der Waals surface area (Å²) in [6, 6.07) is 1.81. The van der Waals surface area contributed by atoms with Gasteiger partial charge in [-0.25, -0.2) is 4.79 Å². The standard InChI is InChI=1S/C17H22Cl3NO3/c1-17(2,3)24-16(22)21-7-5-10(6-8-21)11-9-12(18)13(19)14(20)15(11)23-4/h9-10H,5-8H2,1-4H3. The van der Waals surface area contributed by atoms with Crippen molar-refractivity contribution in [3.8, 4) is 5.75 Å². The number of likely N-dealkylation sites (tertiary alicyclic amines) is 1. The number of ether oxygens (including phenoxy) is 2. The normalized spacial score (nSPS) is 16.2. The molecule has 1 aromatic carbocycles. The molecule has 134 valence electrons. The molecule has 0 saturated carbocycles. The Hall–Kier alpha value is -0.840. The van der Waals surface area contributed by atoms with Crippen LogP contribution in [-0.2, 0) is 4.74 Å². The first-order valence-electron chi connectivity index (χ1n) is 7.83. The lowest BCUT2D eigenvalue weighted by Crippen LogP contribution is -2.41. The van der Waals surface area contributed by atoms with Crippen molar-refractivity contribution in [2.75, 3.05) is 20.2 Å². The summed E-state index contributed by atoms with van der Waals surface area (Å²) in [6.45, 7) is 6.81. The van der Waals surface area contributed by atoms with Crippen molar-refractivity contribution in [2.45, 2.75) is 45.1 Å². The molecule has 1 aliphatic rings. The van der Waals surface area contributed by atoms with Gasteiger partial charge in [-0.2, -0.15) is 0 Å². The molecule has 0 unspecified atom stereocenters. The summed E-state index contributed by atoms with van der Waals surface area (Å²) < 4.78 is 10.8. The minimum absolute atomic E-state index is 0.200. The van der Waals surface area contributed by atoms with Gasteiger partial charge in [0, 0.05) is 18.7 Å². The molecule has 0 radical (unpaired) electrons. The van der Waals surface area contributed by atoms with E-state index in [1.165, 1.54) is 0 Å². The third-order valence-corrected chi connectivity index (χ3v) is 5.18. The van der Waals surface area contributed by atoms with Crippen LogP contribution in [-0.4, -0.2) is 36.8 Å². The summed E-state index contributed by atoms with van der Waals surface area (Å²) in [5.74, 6) is 0.757. The van der Waals surface area contributed by atoms with E-state index >= 15 is 0 Å². The maximum Gasteiger partial charge on any atom is 0.410 e. The van der Waals surface area contributed by atoms with Crippen molar-refractivity contribution in [2.24, 2.45) is 0 Å². The Labute approximate surface area is 157 Å². The average molecular weight is 395 g/mol. The molecule has 7 heteroatoms. The van der Waals surface area contributed by atoms with Gasteiger partial charge in [0.1, 0.15) is 16.4 Å². The quantitative estimate of drug-likeness (QED) is 0.598. The van der Waals surface area contributed by atoms with E-state index in [0.29, 0.717) is 33.9 Å². The van der Waals surface area contributed by atoms with Gasteiger partial charge in [-0.15, -0.1) is 0 Å². The van der Waals surface area contributed by atoms with Crippen LogP contribution in [0.5, 0.6) is 5.75 Å². The first-order chi connectivity index (χ1) is 11.1. The van der Waals surface area contributed by atoms with E-state index in [-0.39, 0.29) is 12.0 Å². The number of carbonyl (C=O) groups is 1. The third kappa shape index (κ3) is 4.41. The Balaban J connectivity index is 2.12. The van der Waals surface area contributed by atoms with Crippen LogP contribution in [0, 0.1) is 0 Å². The summed E-state index contributed by atoms with van der Waals surface area (Å²) in [6.07, 6.45) is 1.29. The lowest BCUT2D eigenvalue weighted by atomic mass is 9.89. The molecule has 1 aromatic rings. The number of methoxy groups -OCH3 is 1. The third-order valence-electron chi connectivity index (χ3n) is 3.94. The predicted octanol–water partition coefficient (Wildman–Crippen LogP) is 5.77. The first-order valence-corrected chi connectivity index (χ1v) is 8.96. The maximum absolute atomic E-state index is 12.2. The summed E-state index contributed by atoms with van der Waals surface area (Å²) in [5.41, 5.74) is 0.440. The van der Waals surface area contributed by atoms with Gasteiger partial charge in [-0.3, -0.25) is 0 Å². The van der Waals surface area contributed by atoms with E-state index < -0.39 is 5.60 Å². The molecule has 0 spiro atoms. The largest absolute Gasteiger partial charge is 0.495 e. The zero-order valence-corrected chi connectivity index (χ0v) is 16.6. The first kappa shape index (κ1) is 19.5. The van der Waals surface area contributed by atoms with Gasteiger partial charge >= 0.3 is 6.09 Å². The van der Waals surface area contributed by atoms with Crippen LogP contribution in [0.25, 0.3) is 0 Å². The summed E-state index contributed by atoms with van der Waals surface area (Å²) >= 11 is 18.5. The fourth-order valence-electron chi connectivity index (χ4n) is 2.81. The molecule has 0 bridgehead atoms. The van der Waals surface area contributed by atoms with Crippen molar-refractivity contribution >= 4 is 40.9 Å². The molecule has 0 aliphatic carbocycles. The fraction of sp³-hybridized carbons (Fsp3) is 0.588. The lowest BCUT2D eigenvalue weighted by molar-refractivity contribution is 0.0204. The van der Waals surface area contributed by atoms with Crippen LogP contribution >= 0.6 is 34.8 Å². The number of rotatable bonds is 2. The maximum atomic E-state index is 12.2. The van der Waals surface area contributed by atoms with Gasteiger partial charge in [0.05, 0.1) is 17.2 Å². The molecule has 0 atom stereocenters. The average Bonchev–Trinajstić information content (AvgIpc) is 2.51. The highest BCUT2D eigenvalue weighted by Gasteiger charge is 2.30. The van der Waals surface area contributed by atoms with Crippen molar-refractivity contribution in [3.05, 3.63) is 26.7 Å². The van der Waals surface area contributed by atoms with Crippen molar-refractivity contribution in [1.82, 2.24) is 4.90 Å². The monoisotopic (exact) mass is 393 g/mol. The highest BCUT2D eigenvalue weighted by atomic mass is 35.5. The van der Waals surface area contributed by atoms with E-state index in [1.54, 1.807) is 12.0 Å². The second-order valence-electron chi connectivity index (χ2n) is 6.85. The van der Waals surface area contributed by atoms with Gasteiger partial charge in [-0.1, -0.05) is 34.8 Å². The Kier molecular flexibility index (Phi) is 6.16. The highest BCUT2D eigenvalue weighted by Crippen LogP contribution is 2.45. The fourth-order valence-corrected chi connectivity index (χ4v) is 3.50. The molecule has 1 aliphatic heterocycles. The Bertz CT molecular complexity index is 620. The zero-order valence-electron chi connectivity index (χ0n) is 14.3. The Morgan fingerprint density at radius 1 is 1.17 bits per heavy atom. The molecule has 24 heavy (non-hydrogen) atoms. The van der Waals surface area contributed by atoms with Crippen molar-refractivity contribution < 1.29 is 14.3 Å². The van der Waals surface area contributed by atoms with Crippen LogP contribution < -0.4 is 4.74 Å². The molecule has 1 saturated heterocycles. The SMILES string of the molecule is COc1c(C2CCN(C(=O)OC(C)(C)C)CC2)cc(Cl)c(Cl)c1Cl. The van der Waals surface area contributed by atoms with E-state index in [2.05, 4.69) is 0 Å². The van der Waals surface area contributed by atoms with E-state index in [4.69, 9.17) is 44.3 Å². The minimum atomic E-state index is -0.492. The van der Waals surface area contributed by atoms with Crippen LogP contribution in [0.4, 0.5) is 4.79 Å². The smallest absolute Gasteiger partial charge is 0.410 e. The van der Waals surface area contributed by atoms with Crippen LogP contribution in [0.2, 0.25) is 15.1 Å². The van der Waals surface area contributed by atoms with Crippen LogP contribution in [0.3, 0.4) is 0 Å². The number of piperidine rings is 1. The molecule has 0 aromatic heterocycles. The van der Waals surface area contributed by atoms with E-state index in [0.717, 1.165) is 18.4 Å². The molecule has 0 N–H and O–H groups in total. The lowest BCUT2D eigenvalue weighted by Gasteiger charge is -2.34. The number of benzene rings is 1. The van der Waals surface area contributed by atoms with Crippen LogP contribution in [0.1, 0.15) is 45.1 Å². The number of halogens is 3. The molecule has 2 rings (SSSR count). The molecule has 1 heterocycles. The molecular formula is C17H22Cl3NO3. The predicted molar refractivity (Wildman–Crippen MR) is 97.8 cm³/mol. The van der Waals surface area contributed by atoms with Gasteiger partial charge in [-0.05, 0) is 45.6 Å². The Morgan fingerprint density at radius 2 is 1.75 bits per heavy atom. The second kappa shape index (κ2) is 7.59. The topological polar surface area (TPSA) is 38.8 Å². The molecule has 1 amide bonds. The van der Waals surface area contributed by atoms with Gasteiger partial charge in [0.25, 0.3) is 0 Å². The van der Waals surface area contributed by atoms with Crippen molar-refractivity contribution in [1.29, 1.82) is 0 Å². The number of amides is 1. The van der Waals surface area contributed by atoms with E-state index in [1.807, 2.05) is 26.8 Å². The molecule has 4 nitrogen and oxygen atoms in total. The van der Waals surface area contributed by atoms with E-state index in [9.17, 15) is 4.79 Å². The number of hydrogen-bond acceptors (Lipinski definition) is 3. The Morgan fingerprint density at radius 3 is 2.25 bits per heavy atom. The van der Waals surface area contributed by atoms with Gasteiger partial charge < -0.3 is 14.4 Å². The summed E-state index contributed by atoms with van der Waals surface area (Å²) in [5, 5.41) is 1.04. The number of nitrogens with zero attached hydrogens (tertiary/aromatic N) is 1. The molecular weight excluding hydrogens is 373 g/mol. The zero-order chi connectivity index (χ0) is 18.1. The second-order valence-corrected chi connectivity index (χ2v) is 8.01. The summed E-state index contributed by atoms with van der Waals surface area (Å²) in [4.78, 5) is 13.9. The summed E-state index contributed by atoms with van der Waals surface area (Å²) in [7, 11) is 1.56. The minimum Gasteiger partial charge on any atom is -0.495 e. The van der Waals surface area contributed by atoms with Gasteiger partial charge in [0.15, 0.2) is 0 Å². The highest BCUT2D eigenvalue weighted by molar-refractivity contribution is 6.48. The number of carbonyl (C=O) groups excluding carboxylic acids is 1. The van der Waals surface area contributed by atoms with Gasteiger partial charge in [0.2, 0.25) is 0 Å².